The SMILES string of the molecule is CC(C)(C)c1ccc(N(c2ccccc2)c2ccc3c(c2)c2c4ccccc4c4c5cc(N(c6ccccc6)c6ccc(C(C)(C)C)cc6)ccc5n5c6nccnc6n3c2c45)cc1. The molecule has 0 spiro atoms. The van der Waals surface area contributed by atoms with Gasteiger partial charge in [0.15, 0.2) is 11.3 Å². The van der Waals surface area contributed by atoms with Gasteiger partial charge >= 0.3 is 0 Å². The van der Waals surface area contributed by atoms with Crippen molar-refractivity contribution in [3.63, 3.8) is 0 Å². The van der Waals surface area contributed by atoms with Crippen LogP contribution in [0.5, 0.6) is 0 Å². The summed E-state index contributed by atoms with van der Waals surface area (Å²) in [6.45, 7) is 13.6. The monoisotopic (exact) mass is 828 g/mol. The maximum absolute atomic E-state index is 5.11. The minimum absolute atomic E-state index is 0.0539. The molecule has 12 rings (SSSR count). The first-order valence-electron chi connectivity index (χ1n) is 22.2. The van der Waals surface area contributed by atoms with Crippen LogP contribution in [0.25, 0.3) is 65.7 Å². The predicted octanol–water partition coefficient (Wildman–Crippen LogP) is 15.7. The molecule has 4 aromatic heterocycles. The summed E-state index contributed by atoms with van der Waals surface area (Å²) in [4.78, 5) is 15.0. The van der Waals surface area contributed by atoms with Crippen LogP contribution in [0.2, 0.25) is 0 Å². The Morgan fingerprint density at radius 1 is 0.359 bits per heavy atom. The Hall–Kier alpha value is -7.70. The van der Waals surface area contributed by atoms with Crippen molar-refractivity contribution in [3.8, 4) is 0 Å². The summed E-state index contributed by atoms with van der Waals surface area (Å²) in [5, 5.41) is 7.18. The Bertz CT molecular complexity index is 3470. The van der Waals surface area contributed by atoms with E-state index < -0.39 is 0 Å². The summed E-state index contributed by atoms with van der Waals surface area (Å²) < 4.78 is 4.73. The molecule has 4 heterocycles. The Morgan fingerprint density at radius 2 is 0.703 bits per heavy atom. The van der Waals surface area contributed by atoms with Gasteiger partial charge in [-0.2, -0.15) is 0 Å². The summed E-state index contributed by atoms with van der Waals surface area (Å²) in [6.07, 6.45) is 3.64. The second-order valence-corrected chi connectivity index (χ2v) is 19.2. The van der Waals surface area contributed by atoms with E-state index in [2.05, 4.69) is 230 Å². The Labute approximate surface area is 372 Å². The molecule has 0 atom stereocenters. The van der Waals surface area contributed by atoms with Crippen molar-refractivity contribution in [2.75, 3.05) is 9.80 Å². The minimum Gasteiger partial charge on any atom is -0.310 e. The molecule has 310 valence electrons. The van der Waals surface area contributed by atoms with Crippen LogP contribution < -0.4 is 9.80 Å². The highest BCUT2D eigenvalue weighted by molar-refractivity contribution is 6.37. The van der Waals surface area contributed by atoms with Crippen molar-refractivity contribution in [2.45, 2.75) is 52.4 Å². The second kappa shape index (κ2) is 13.9. The molecule has 0 aliphatic rings. The van der Waals surface area contributed by atoms with Gasteiger partial charge in [0.25, 0.3) is 0 Å². The van der Waals surface area contributed by atoms with Crippen molar-refractivity contribution in [1.82, 2.24) is 18.8 Å². The number of hydrogen-bond acceptors (Lipinski definition) is 4. The highest BCUT2D eigenvalue weighted by Gasteiger charge is 2.28. The van der Waals surface area contributed by atoms with Crippen LogP contribution in [0.3, 0.4) is 0 Å². The van der Waals surface area contributed by atoms with Crippen LogP contribution in [0, 0.1) is 0 Å². The zero-order valence-electron chi connectivity index (χ0n) is 37.0. The van der Waals surface area contributed by atoms with E-state index in [1.54, 1.807) is 0 Å². The number of nitrogens with zero attached hydrogens (tertiary/aromatic N) is 6. The van der Waals surface area contributed by atoms with Gasteiger partial charge in [0.2, 0.25) is 0 Å². The van der Waals surface area contributed by atoms with Crippen LogP contribution in [-0.2, 0) is 10.8 Å². The van der Waals surface area contributed by atoms with Crippen LogP contribution in [0.15, 0.2) is 182 Å². The third-order valence-corrected chi connectivity index (χ3v) is 13.2. The average molecular weight is 829 g/mol. The van der Waals surface area contributed by atoms with Crippen LogP contribution in [0.1, 0.15) is 52.7 Å². The number of benzene rings is 8. The molecule has 0 aliphatic carbocycles. The maximum Gasteiger partial charge on any atom is 0.182 e. The van der Waals surface area contributed by atoms with Crippen molar-refractivity contribution >= 4 is 99.8 Å². The lowest BCUT2D eigenvalue weighted by Gasteiger charge is -2.27. The van der Waals surface area contributed by atoms with E-state index in [9.17, 15) is 0 Å². The summed E-state index contributed by atoms with van der Waals surface area (Å²) in [7, 11) is 0. The normalized spacial score (nSPS) is 12.5. The Balaban J connectivity index is 1.16. The van der Waals surface area contributed by atoms with Gasteiger partial charge in [0.1, 0.15) is 0 Å². The van der Waals surface area contributed by atoms with Gasteiger partial charge in [0.05, 0.1) is 22.1 Å². The fourth-order valence-corrected chi connectivity index (χ4v) is 10.1. The summed E-state index contributed by atoms with van der Waals surface area (Å²) in [6, 6.07) is 62.3. The van der Waals surface area contributed by atoms with Gasteiger partial charge in [-0.15, -0.1) is 0 Å². The van der Waals surface area contributed by atoms with Crippen LogP contribution in [-0.4, -0.2) is 18.8 Å². The van der Waals surface area contributed by atoms with Crippen molar-refractivity contribution < 1.29 is 0 Å². The largest absolute Gasteiger partial charge is 0.310 e. The second-order valence-electron chi connectivity index (χ2n) is 19.2. The molecule has 6 nitrogen and oxygen atoms in total. The zero-order chi connectivity index (χ0) is 43.5. The highest BCUT2D eigenvalue weighted by Crippen LogP contribution is 2.49. The number of para-hydroxylation sites is 2. The Morgan fingerprint density at radius 3 is 1.08 bits per heavy atom. The number of aromatic nitrogens is 4. The van der Waals surface area contributed by atoms with Crippen LogP contribution >= 0.6 is 0 Å². The molecule has 0 bridgehead atoms. The van der Waals surface area contributed by atoms with E-state index in [1.807, 2.05) is 12.4 Å². The fourth-order valence-electron chi connectivity index (χ4n) is 10.1. The molecule has 6 heteroatoms. The molecule has 0 N–H and O–H groups in total. The quantitative estimate of drug-likeness (QED) is 0.157. The molecule has 0 saturated carbocycles. The van der Waals surface area contributed by atoms with Gasteiger partial charge in [-0.25, -0.2) is 9.97 Å². The molecule has 0 radical (unpaired) electrons. The molecule has 64 heavy (non-hydrogen) atoms. The minimum atomic E-state index is 0.0539. The van der Waals surface area contributed by atoms with Gasteiger partial charge in [0, 0.05) is 68.1 Å². The van der Waals surface area contributed by atoms with E-state index in [4.69, 9.17) is 9.97 Å². The topological polar surface area (TPSA) is 41.1 Å². The molecule has 0 aliphatic heterocycles. The first-order chi connectivity index (χ1) is 31.0. The molecule has 0 fully saturated rings. The predicted molar refractivity (Wildman–Crippen MR) is 269 cm³/mol. The lowest BCUT2D eigenvalue weighted by atomic mass is 9.87. The standard InChI is InChI=1S/C58H48N6/c1-57(2,3)37-21-25-41(26-22-37)61(39-15-9-7-10-16-39)43-29-31-49-47(35-43)51-45-19-13-14-20-46(45)52-48-36-44(30-32-50(48)64-54(52)53(51)63(49)55-56(64)60-34-33-59-55)62(40-17-11-8-12-18-40)42-27-23-38(24-28-42)58(4,5)6/h7-36H,1-6H3. The molecule has 0 amide bonds. The lowest BCUT2D eigenvalue weighted by Crippen LogP contribution is -2.13. The summed E-state index contributed by atoms with van der Waals surface area (Å²) in [5.41, 5.74) is 15.5. The van der Waals surface area contributed by atoms with Gasteiger partial charge < -0.3 is 9.80 Å². The lowest BCUT2D eigenvalue weighted by molar-refractivity contribution is 0.590. The van der Waals surface area contributed by atoms with Crippen molar-refractivity contribution in [1.29, 1.82) is 0 Å². The number of anilines is 6. The summed E-state index contributed by atoms with van der Waals surface area (Å²) in [5.74, 6) is 0. The first kappa shape index (κ1) is 38.0. The van der Waals surface area contributed by atoms with Crippen LogP contribution in [0.4, 0.5) is 34.1 Å². The van der Waals surface area contributed by atoms with Gasteiger partial charge in [-0.1, -0.05) is 126 Å². The number of rotatable bonds is 6. The molecular weight excluding hydrogens is 781 g/mol. The highest BCUT2D eigenvalue weighted by atomic mass is 15.2. The van der Waals surface area contributed by atoms with Crippen molar-refractivity contribution in [2.24, 2.45) is 0 Å². The van der Waals surface area contributed by atoms with E-state index in [0.29, 0.717) is 0 Å². The average Bonchev–Trinajstić information content (AvgIpc) is 3.84. The van der Waals surface area contributed by atoms with E-state index >= 15 is 0 Å². The fraction of sp³-hybridized carbons (Fsp3) is 0.138. The summed E-state index contributed by atoms with van der Waals surface area (Å²) >= 11 is 0. The number of fused-ring (bicyclic) bond motifs is 12. The zero-order valence-corrected chi connectivity index (χ0v) is 37.0. The smallest absolute Gasteiger partial charge is 0.182 e. The van der Waals surface area contributed by atoms with E-state index in [-0.39, 0.29) is 10.8 Å². The van der Waals surface area contributed by atoms with Crippen molar-refractivity contribution in [3.05, 3.63) is 193 Å². The molecule has 8 aromatic carbocycles. The van der Waals surface area contributed by atoms with Gasteiger partial charge in [-0.05, 0) is 118 Å². The van der Waals surface area contributed by atoms with E-state index in [1.165, 1.54) is 43.4 Å². The van der Waals surface area contributed by atoms with Gasteiger partial charge in [-0.3, -0.25) is 8.80 Å². The third kappa shape index (κ3) is 5.71. The van der Waals surface area contributed by atoms with E-state index in [0.717, 1.165) is 67.5 Å². The Kier molecular flexibility index (Phi) is 8.26. The number of hydrogen-bond donors (Lipinski definition) is 0. The molecule has 0 unspecified atom stereocenters. The maximum atomic E-state index is 5.11. The molecule has 12 aromatic rings. The first-order valence-corrected chi connectivity index (χ1v) is 22.2. The molecule has 0 saturated heterocycles. The molecular formula is C58H48N6. The third-order valence-electron chi connectivity index (χ3n) is 13.2.